The zero-order valence-corrected chi connectivity index (χ0v) is 7.87. The molecule has 0 aliphatic heterocycles. The molecular formula is C5H7F2NO6S. The van der Waals surface area contributed by atoms with Crippen LogP contribution in [0.2, 0.25) is 0 Å². The standard InChI is InChI=1S/C5H7F2NO6S/c6-5(7)15(13,14)8-2(4(11)12)1-3(9)10/h2,5,8H,1H2,(H,9,10)(H,11,12). The molecule has 0 saturated heterocycles. The summed E-state index contributed by atoms with van der Waals surface area (Å²) in [6, 6.07) is -2.11. The number of hydrogen-bond donors (Lipinski definition) is 3. The third kappa shape index (κ3) is 4.65. The van der Waals surface area contributed by atoms with Crippen molar-refractivity contribution in [1.29, 1.82) is 0 Å². The fraction of sp³-hybridized carbons (Fsp3) is 0.600. The summed E-state index contributed by atoms with van der Waals surface area (Å²) < 4.78 is 45.6. The van der Waals surface area contributed by atoms with Gasteiger partial charge in [-0.25, -0.2) is 8.42 Å². The summed E-state index contributed by atoms with van der Waals surface area (Å²) in [7, 11) is -5.12. The van der Waals surface area contributed by atoms with Gasteiger partial charge in [-0.05, 0) is 0 Å². The van der Waals surface area contributed by atoms with Crippen LogP contribution in [-0.4, -0.2) is 42.4 Å². The van der Waals surface area contributed by atoms with Gasteiger partial charge in [0.25, 0.3) is 10.0 Å². The van der Waals surface area contributed by atoms with Crippen molar-refractivity contribution in [1.82, 2.24) is 4.72 Å². The van der Waals surface area contributed by atoms with Crippen molar-refractivity contribution >= 4 is 22.0 Å². The van der Waals surface area contributed by atoms with Crippen LogP contribution in [0.25, 0.3) is 0 Å². The number of carboxylic acids is 2. The monoisotopic (exact) mass is 247 g/mol. The smallest absolute Gasteiger partial charge is 0.350 e. The van der Waals surface area contributed by atoms with Gasteiger partial charge in [0.05, 0.1) is 6.42 Å². The Bertz CT molecular complexity index is 353. The molecule has 0 fully saturated rings. The van der Waals surface area contributed by atoms with Crippen molar-refractivity contribution in [3.8, 4) is 0 Å². The van der Waals surface area contributed by atoms with E-state index >= 15 is 0 Å². The van der Waals surface area contributed by atoms with E-state index in [0.29, 0.717) is 0 Å². The minimum Gasteiger partial charge on any atom is -0.481 e. The van der Waals surface area contributed by atoms with Crippen molar-refractivity contribution in [3.05, 3.63) is 0 Å². The number of alkyl halides is 2. The van der Waals surface area contributed by atoms with E-state index in [2.05, 4.69) is 0 Å². The minimum absolute atomic E-state index is 1.07. The number of aliphatic carboxylic acids is 2. The van der Waals surface area contributed by atoms with Gasteiger partial charge in [-0.15, -0.1) is 0 Å². The molecule has 0 radical (unpaired) electrons. The fourth-order valence-corrected chi connectivity index (χ4v) is 1.29. The highest BCUT2D eigenvalue weighted by Crippen LogP contribution is 2.05. The predicted molar refractivity (Wildman–Crippen MR) is 41.7 cm³/mol. The molecule has 0 bridgehead atoms. The maximum absolute atomic E-state index is 11.8. The third-order valence-corrected chi connectivity index (χ3v) is 2.30. The van der Waals surface area contributed by atoms with Gasteiger partial charge in [0.2, 0.25) is 0 Å². The van der Waals surface area contributed by atoms with E-state index < -0.39 is 40.2 Å². The SMILES string of the molecule is O=C(O)CC(NS(=O)(=O)C(F)F)C(=O)O. The first kappa shape index (κ1) is 13.7. The highest BCUT2D eigenvalue weighted by atomic mass is 32.2. The van der Waals surface area contributed by atoms with Crippen LogP contribution in [0.3, 0.4) is 0 Å². The maximum atomic E-state index is 11.8. The number of nitrogens with one attached hydrogen (secondary N) is 1. The molecule has 10 heteroatoms. The topological polar surface area (TPSA) is 121 Å². The second kappa shape index (κ2) is 4.98. The Balaban J connectivity index is 4.70. The molecule has 0 aromatic carbocycles. The van der Waals surface area contributed by atoms with Crippen molar-refractivity contribution in [2.45, 2.75) is 18.2 Å². The van der Waals surface area contributed by atoms with Gasteiger partial charge in [0, 0.05) is 0 Å². The summed E-state index contributed by atoms with van der Waals surface area (Å²) in [5.74, 6) is -7.28. The molecule has 3 N–H and O–H groups in total. The maximum Gasteiger partial charge on any atom is 0.350 e. The first-order chi connectivity index (χ1) is 6.66. The Hall–Kier alpha value is -1.29. The molecule has 0 rings (SSSR count). The lowest BCUT2D eigenvalue weighted by Crippen LogP contribution is -2.44. The Morgan fingerprint density at radius 3 is 2.00 bits per heavy atom. The van der Waals surface area contributed by atoms with Gasteiger partial charge in [0.1, 0.15) is 6.04 Å². The van der Waals surface area contributed by atoms with E-state index in [1.165, 1.54) is 0 Å². The van der Waals surface area contributed by atoms with Crippen molar-refractivity contribution in [2.24, 2.45) is 0 Å². The lowest BCUT2D eigenvalue weighted by Gasteiger charge is -2.11. The molecule has 1 unspecified atom stereocenters. The Labute approximate surface area is 82.8 Å². The molecule has 0 aliphatic carbocycles. The van der Waals surface area contributed by atoms with E-state index in [1.807, 2.05) is 0 Å². The Morgan fingerprint density at radius 1 is 1.27 bits per heavy atom. The van der Waals surface area contributed by atoms with Crippen LogP contribution < -0.4 is 4.72 Å². The average Bonchev–Trinajstić information content (AvgIpc) is 2.01. The highest BCUT2D eigenvalue weighted by molar-refractivity contribution is 7.89. The summed E-state index contributed by atoms with van der Waals surface area (Å²) in [5, 5.41) is 16.5. The molecule has 0 saturated carbocycles. The van der Waals surface area contributed by atoms with Crippen LogP contribution in [-0.2, 0) is 19.6 Å². The third-order valence-electron chi connectivity index (χ3n) is 1.22. The number of hydrogen-bond acceptors (Lipinski definition) is 4. The van der Waals surface area contributed by atoms with Crippen LogP contribution >= 0.6 is 0 Å². The number of halogens is 2. The van der Waals surface area contributed by atoms with Gasteiger partial charge >= 0.3 is 17.7 Å². The summed E-state index contributed by atoms with van der Waals surface area (Å²) in [5.41, 5.74) is 0. The molecule has 0 aliphatic rings. The van der Waals surface area contributed by atoms with E-state index in [-0.39, 0.29) is 0 Å². The molecule has 15 heavy (non-hydrogen) atoms. The van der Waals surface area contributed by atoms with Crippen LogP contribution in [0.1, 0.15) is 6.42 Å². The molecule has 0 heterocycles. The lowest BCUT2D eigenvalue weighted by molar-refractivity contribution is -0.145. The lowest BCUT2D eigenvalue weighted by atomic mass is 10.2. The molecule has 0 aromatic rings. The number of rotatable bonds is 6. The van der Waals surface area contributed by atoms with Crippen LogP contribution in [0, 0.1) is 0 Å². The first-order valence-electron chi connectivity index (χ1n) is 3.40. The van der Waals surface area contributed by atoms with E-state index in [9.17, 15) is 26.8 Å². The van der Waals surface area contributed by atoms with Gasteiger partial charge in [-0.2, -0.15) is 13.5 Å². The summed E-state index contributed by atoms with van der Waals surface area (Å²) in [6.07, 6.45) is -1.12. The minimum atomic E-state index is -5.12. The van der Waals surface area contributed by atoms with Gasteiger partial charge in [0.15, 0.2) is 0 Å². The Morgan fingerprint density at radius 2 is 1.73 bits per heavy atom. The second-order valence-electron chi connectivity index (χ2n) is 2.41. The van der Waals surface area contributed by atoms with Gasteiger partial charge in [-0.3, -0.25) is 9.59 Å². The quantitative estimate of drug-likeness (QED) is 0.556. The second-order valence-corrected chi connectivity index (χ2v) is 4.09. The first-order valence-corrected chi connectivity index (χ1v) is 4.95. The van der Waals surface area contributed by atoms with E-state index in [0.717, 1.165) is 4.72 Å². The van der Waals surface area contributed by atoms with Gasteiger partial charge < -0.3 is 10.2 Å². The van der Waals surface area contributed by atoms with Crippen LogP contribution in [0.15, 0.2) is 0 Å². The van der Waals surface area contributed by atoms with Crippen molar-refractivity contribution in [2.75, 3.05) is 0 Å². The molecular weight excluding hydrogens is 240 g/mol. The summed E-state index contributed by atoms with van der Waals surface area (Å²) in [4.78, 5) is 20.4. The fourth-order valence-electron chi connectivity index (χ4n) is 0.604. The summed E-state index contributed by atoms with van der Waals surface area (Å²) in [6.45, 7) is 0. The molecule has 1 atom stereocenters. The Kier molecular flexibility index (Phi) is 4.55. The number of carbonyl (C=O) groups is 2. The highest BCUT2D eigenvalue weighted by Gasteiger charge is 2.31. The predicted octanol–water partition coefficient (Wildman–Crippen LogP) is -0.944. The van der Waals surface area contributed by atoms with Crippen LogP contribution in [0.4, 0.5) is 8.78 Å². The molecule has 88 valence electrons. The zero-order chi connectivity index (χ0) is 12.2. The average molecular weight is 247 g/mol. The van der Waals surface area contributed by atoms with E-state index in [4.69, 9.17) is 10.2 Å². The molecule has 0 aromatic heterocycles. The normalized spacial score (nSPS) is 13.8. The summed E-state index contributed by atoms with van der Waals surface area (Å²) >= 11 is 0. The van der Waals surface area contributed by atoms with Crippen LogP contribution in [0.5, 0.6) is 0 Å². The van der Waals surface area contributed by atoms with Gasteiger partial charge in [-0.1, -0.05) is 0 Å². The van der Waals surface area contributed by atoms with Crippen molar-refractivity contribution in [3.63, 3.8) is 0 Å². The zero-order valence-electron chi connectivity index (χ0n) is 7.05. The number of carboxylic acid groups (broad SMARTS) is 2. The molecule has 0 amide bonds. The molecule has 0 spiro atoms. The number of sulfonamides is 1. The molecule has 7 nitrogen and oxygen atoms in total. The largest absolute Gasteiger partial charge is 0.481 e. The van der Waals surface area contributed by atoms with Crippen molar-refractivity contribution < 1.29 is 37.0 Å². The van der Waals surface area contributed by atoms with E-state index in [1.54, 1.807) is 0 Å².